The normalized spacial score (nSPS) is 14.3. The molecule has 0 unspecified atom stereocenters. The van der Waals surface area contributed by atoms with E-state index in [1.807, 2.05) is 4.90 Å². The van der Waals surface area contributed by atoms with Gasteiger partial charge in [0, 0.05) is 19.2 Å². The van der Waals surface area contributed by atoms with E-state index in [1.54, 1.807) is 6.92 Å². The fourth-order valence-electron chi connectivity index (χ4n) is 2.00. The van der Waals surface area contributed by atoms with Crippen molar-refractivity contribution in [1.29, 1.82) is 0 Å². The molecule has 1 aromatic carbocycles. The third-order valence-electron chi connectivity index (χ3n) is 2.83. The van der Waals surface area contributed by atoms with E-state index in [2.05, 4.69) is 25.1 Å². The van der Waals surface area contributed by atoms with Crippen LogP contribution in [0.3, 0.4) is 0 Å². The van der Waals surface area contributed by atoms with Gasteiger partial charge in [-0.25, -0.2) is 0 Å². The second kappa shape index (κ2) is 3.45. The van der Waals surface area contributed by atoms with Crippen LogP contribution in [0.15, 0.2) is 18.2 Å². The first kappa shape index (κ1) is 9.25. The van der Waals surface area contributed by atoms with Crippen LogP contribution in [0.2, 0.25) is 0 Å². The van der Waals surface area contributed by atoms with E-state index in [1.165, 1.54) is 11.1 Å². The molecule has 2 heteroatoms. The Labute approximate surface area is 84.5 Å². The third kappa shape index (κ3) is 1.41. The van der Waals surface area contributed by atoms with E-state index in [0.717, 1.165) is 25.1 Å². The first-order chi connectivity index (χ1) is 6.72. The van der Waals surface area contributed by atoms with E-state index >= 15 is 0 Å². The Bertz CT molecular complexity index is 371. The molecule has 1 heterocycles. The topological polar surface area (TPSA) is 20.3 Å². The molecule has 0 bridgehead atoms. The standard InChI is InChI=1S/C12H15NO/c1-3-10-4-5-12-11(8-10)6-7-13(12)9(2)14/h4-5,8H,3,6-7H2,1-2H3. The molecule has 0 fully saturated rings. The van der Waals surface area contributed by atoms with Crippen LogP contribution in [0.1, 0.15) is 25.0 Å². The summed E-state index contributed by atoms with van der Waals surface area (Å²) < 4.78 is 0. The minimum Gasteiger partial charge on any atom is -0.312 e. The smallest absolute Gasteiger partial charge is 0.223 e. The lowest BCUT2D eigenvalue weighted by molar-refractivity contribution is -0.116. The highest BCUT2D eigenvalue weighted by Gasteiger charge is 2.21. The van der Waals surface area contributed by atoms with E-state index in [0.29, 0.717) is 0 Å². The molecule has 74 valence electrons. The quantitative estimate of drug-likeness (QED) is 0.663. The summed E-state index contributed by atoms with van der Waals surface area (Å²) in [7, 11) is 0. The highest BCUT2D eigenvalue weighted by Crippen LogP contribution is 2.28. The van der Waals surface area contributed by atoms with Crippen molar-refractivity contribution in [3.05, 3.63) is 29.3 Å². The van der Waals surface area contributed by atoms with Crippen LogP contribution >= 0.6 is 0 Å². The zero-order valence-electron chi connectivity index (χ0n) is 8.71. The third-order valence-corrected chi connectivity index (χ3v) is 2.83. The summed E-state index contributed by atoms with van der Waals surface area (Å²) in [6.45, 7) is 4.63. The number of hydrogen-bond acceptors (Lipinski definition) is 1. The van der Waals surface area contributed by atoms with Gasteiger partial charge in [0.05, 0.1) is 0 Å². The Balaban J connectivity index is 2.38. The lowest BCUT2D eigenvalue weighted by Gasteiger charge is -2.14. The fourth-order valence-corrected chi connectivity index (χ4v) is 2.00. The number of fused-ring (bicyclic) bond motifs is 1. The molecule has 0 N–H and O–H groups in total. The molecule has 14 heavy (non-hydrogen) atoms. The highest BCUT2D eigenvalue weighted by atomic mass is 16.2. The molecule has 0 aromatic heterocycles. The van der Waals surface area contributed by atoms with E-state index < -0.39 is 0 Å². The van der Waals surface area contributed by atoms with Crippen LogP contribution in [0.5, 0.6) is 0 Å². The number of nitrogens with zero attached hydrogens (tertiary/aromatic N) is 1. The Morgan fingerprint density at radius 3 is 2.93 bits per heavy atom. The summed E-state index contributed by atoms with van der Waals surface area (Å²) in [5.41, 5.74) is 3.78. The minimum atomic E-state index is 0.146. The Kier molecular flexibility index (Phi) is 2.28. The molecule has 0 saturated carbocycles. The van der Waals surface area contributed by atoms with Crippen LogP contribution in [0, 0.1) is 0 Å². The molecule has 0 atom stereocenters. The molecule has 2 nitrogen and oxygen atoms in total. The van der Waals surface area contributed by atoms with Crippen molar-refractivity contribution < 1.29 is 4.79 Å². The predicted octanol–water partition coefficient (Wildman–Crippen LogP) is 2.16. The van der Waals surface area contributed by atoms with Crippen molar-refractivity contribution in [2.24, 2.45) is 0 Å². The van der Waals surface area contributed by atoms with Crippen molar-refractivity contribution in [2.75, 3.05) is 11.4 Å². The van der Waals surface area contributed by atoms with Gasteiger partial charge in [0.1, 0.15) is 0 Å². The number of anilines is 1. The zero-order valence-corrected chi connectivity index (χ0v) is 8.71. The molecule has 0 aliphatic carbocycles. The average Bonchev–Trinajstić information content (AvgIpc) is 2.59. The molecule has 1 aromatic rings. The number of hydrogen-bond donors (Lipinski definition) is 0. The minimum absolute atomic E-state index is 0.146. The molecule has 1 aliphatic heterocycles. The first-order valence-electron chi connectivity index (χ1n) is 5.12. The number of aryl methyl sites for hydroxylation is 1. The van der Waals surface area contributed by atoms with Crippen LogP contribution in [0.25, 0.3) is 0 Å². The zero-order chi connectivity index (χ0) is 10.1. The van der Waals surface area contributed by atoms with Crippen molar-refractivity contribution in [3.63, 3.8) is 0 Å². The first-order valence-corrected chi connectivity index (χ1v) is 5.12. The SMILES string of the molecule is CCc1ccc2c(c1)CCN2C(C)=O. The van der Waals surface area contributed by atoms with Gasteiger partial charge in [0.2, 0.25) is 5.91 Å². The summed E-state index contributed by atoms with van der Waals surface area (Å²) in [6.07, 6.45) is 2.07. The lowest BCUT2D eigenvalue weighted by atomic mass is 10.1. The Morgan fingerprint density at radius 1 is 1.50 bits per heavy atom. The maximum absolute atomic E-state index is 11.3. The van der Waals surface area contributed by atoms with Crippen LogP contribution in [-0.2, 0) is 17.6 Å². The maximum Gasteiger partial charge on any atom is 0.223 e. The van der Waals surface area contributed by atoms with Crippen molar-refractivity contribution in [1.82, 2.24) is 0 Å². The summed E-state index contributed by atoms with van der Waals surface area (Å²) in [5, 5.41) is 0. The fraction of sp³-hybridized carbons (Fsp3) is 0.417. The largest absolute Gasteiger partial charge is 0.312 e. The number of rotatable bonds is 1. The van der Waals surface area contributed by atoms with Gasteiger partial charge in [-0.15, -0.1) is 0 Å². The van der Waals surface area contributed by atoms with Gasteiger partial charge < -0.3 is 4.90 Å². The monoisotopic (exact) mass is 189 g/mol. The van der Waals surface area contributed by atoms with Crippen molar-refractivity contribution in [3.8, 4) is 0 Å². The molecule has 0 spiro atoms. The maximum atomic E-state index is 11.3. The van der Waals surface area contributed by atoms with Gasteiger partial charge in [-0.1, -0.05) is 19.1 Å². The van der Waals surface area contributed by atoms with E-state index in [4.69, 9.17) is 0 Å². The van der Waals surface area contributed by atoms with Crippen LogP contribution in [-0.4, -0.2) is 12.5 Å². The molecular weight excluding hydrogens is 174 g/mol. The van der Waals surface area contributed by atoms with E-state index in [9.17, 15) is 4.79 Å². The van der Waals surface area contributed by atoms with Crippen LogP contribution < -0.4 is 4.90 Å². The lowest BCUT2D eigenvalue weighted by Crippen LogP contribution is -2.25. The molecule has 0 saturated heterocycles. The van der Waals surface area contributed by atoms with Gasteiger partial charge in [-0.3, -0.25) is 4.79 Å². The van der Waals surface area contributed by atoms with Crippen molar-refractivity contribution >= 4 is 11.6 Å². The Morgan fingerprint density at radius 2 is 2.29 bits per heavy atom. The number of benzene rings is 1. The second-order valence-corrected chi connectivity index (χ2v) is 3.74. The predicted molar refractivity (Wildman–Crippen MR) is 57.6 cm³/mol. The van der Waals surface area contributed by atoms with Crippen LogP contribution in [0.4, 0.5) is 5.69 Å². The summed E-state index contributed by atoms with van der Waals surface area (Å²) in [5.74, 6) is 0.146. The average molecular weight is 189 g/mol. The van der Waals surface area contributed by atoms with Crippen molar-refractivity contribution in [2.45, 2.75) is 26.7 Å². The summed E-state index contributed by atoms with van der Waals surface area (Å²) in [6, 6.07) is 6.40. The molecule has 2 rings (SSSR count). The molecular formula is C12H15NO. The van der Waals surface area contributed by atoms with Gasteiger partial charge >= 0.3 is 0 Å². The number of carbonyl (C=O) groups is 1. The van der Waals surface area contributed by atoms with Gasteiger partial charge in [0.15, 0.2) is 0 Å². The second-order valence-electron chi connectivity index (χ2n) is 3.74. The summed E-state index contributed by atoms with van der Waals surface area (Å²) >= 11 is 0. The molecule has 1 amide bonds. The molecule has 1 aliphatic rings. The van der Waals surface area contributed by atoms with Gasteiger partial charge in [-0.05, 0) is 30.0 Å². The molecule has 0 radical (unpaired) electrons. The van der Waals surface area contributed by atoms with Gasteiger partial charge in [-0.2, -0.15) is 0 Å². The highest BCUT2D eigenvalue weighted by molar-refractivity contribution is 5.93. The van der Waals surface area contributed by atoms with E-state index in [-0.39, 0.29) is 5.91 Å². The summed E-state index contributed by atoms with van der Waals surface area (Å²) in [4.78, 5) is 13.1. The number of amides is 1. The Hall–Kier alpha value is -1.31. The number of carbonyl (C=O) groups excluding carboxylic acids is 1. The van der Waals surface area contributed by atoms with Gasteiger partial charge in [0.25, 0.3) is 0 Å².